The van der Waals surface area contributed by atoms with Gasteiger partial charge in [-0.15, -0.1) is 11.3 Å². The second-order valence-corrected chi connectivity index (χ2v) is 10.5. The predicted molar refractivity (Wildman–Crippen MR) is 135 cm³/mol. The van der Waals surface area contributed by atoms with Crippen LogP contribution in [0.1, 0.15) is 45.6 Å². The molecule has 2 aromatic carbocycles. The molecule has 3 aromatic rings. The van der Waals surface area contributed by atoms with Crippen LogP contribution in [0.15, 0.2) is 66.0 Å². The number of benzene rings is 2. The van der Waals surface area contributed by atoms with Crippen molar-refractivity contribution in [1.29, 1.82) is 0 Å². The van der Waals surface area contributed by atoms with E-state index in [1.54, 1.807) is 30.3 Å². The van der Waals surface area contributed by atoms with Crippen LogP contribution in [0, 0.1) is 22.0 Å². The van der Waals surface area contributed by atoms with Crippen molar-refractivity contribution in [3.63, 3.8) is 0 Å². The van der Waals surface area contributed by atoms with Crippen molar-refractivity contribution in [1.82, 2.24) is 4.90 Å². The van der Waals surface area contributed by atoms with Crippen LogP contribution in [0.2, 0.25) is 5.02 Å². The number of carbonyl (C=O) groups is 3. The van der Waals surface area contributed by atoms with Crippen molar-refractivity contribution in [2.75, 3.05) is 0 Å². The summed E-state index contributed by atoms with van der Waals surface area (Å²) in [6.07, 6.45) is 1.36. The van der Waals surface area contributed by atoms with E-state index in [1.165, 1.54) is 34.4 Å². The van der Waals surface area contributed by atoms with Gasteiger partial charge in [0.2, 0.25) is 11.8 Å². The lowest BCUT2D eigenvalue weighted by Crippen LogP contribution is -2.47. The minimum atomic E-state index is -1.09. The Morgan fingerprint density at radius 3 is 2.42 bits per heavy atom. The van der Waals surface area contributed by atoms with Crippen molar-refractivity contribution in [2.45, 2.75) is 30.8 Å². The molecule has 184 valence electrons. The number of carbonyl (C=O) groups excluding carboxylic acids is 3. The molecule has 1 aliphatic heterocycles. The number of non-ortho nitro benzene ring substituents is 1. The Morgan fingerprint density at radius 1 is 1.06 bits per heavy atom. The maximum atomic E-state index is 14.2. The van der Waals surface area contributed by atoms with Crippen LogP contribution in [0.4, 0.5) is 5.69 Å². The van der Waals surface area contributed by atoms with E-state index >= 15 is 0 Å². The molecule has 1 aliphatic carbocycles. The number of halogens is 1. The molecule has 1 aromatic heterocycles. The number of likely N-dealkylation sites (tertiary alicyclic amines) is 1. The van der Waals surface area contributed by atoms with Gasteiger partial charge in [-0.2, -0.15) is 0 Å². The summed E-state index contributed by atoms with van der Waals surface area (Å²) in [6, 6.07) is 14.0. The van der Waals surface area contributed by atoms with Crippen molar-refractivity contribution in [3.8, 4) is 0 Å². The highest BCUT2D eigenvalue weighted by atomic mass is 35.5. The van der Waals surface area contributed by atoms with E-state index in [2.05, 4.69) is 0 Å². The van der Waals surface area contributed by atoms with E-state index < -0.39 is 34.7 Å². The summed E-state index contributed by atoms with van der Waals surface area (Å²) < 4.78 is 0. The van der Waals surface area contributed by atoms with Crippen LogP contribution < -0.4 is 5.73 Å². The maximum absolute atomic E-state index is 14.2. The van der Waals surface area contributed by atoms with Gasteiger partial charge in [-0.25, -0.2) is 0 Å². The molecule has 1 saturated carbocycles. The number of primary amides is 1. The normalized spacial score (nSPS) is 23.4. The number of nitro benzene ring substituents is 1. The highest BCUT2D eigenvalue weighted by Crippen LogP contribution is 2.53. The average molecular weight is 524 g/mol. The number of rotatable bonds is 7. The first kappa shape index (κ1) is 24.1. The summed E-state index contributed by atoms with van der Waals surface area (Å²) in [5.74, 6) is -3.20. The molecule has 0 spiro atoms. The third-order valence-electron chi connectivity index (χ3n) is 6.85. The molecule has 2 amide bonds. The summed E-state index contributed by atoms with van der Waals surface area (Å²) >= 11 is 7.56. The van der Waals surface area contributed by atoms with Crippen molar-refractivity contribution in [3.05, 3.63) is 97.2 Å². The molecule has 4 unspecified atom stereocenters. The number of nitrogens with zero attached hydrogens (tertiary/aromatic N) is 2. The summed E-state index contributed by atoms with van der Waals surface area (Å²) in [7, 11) is 0. The number of ketones is 1. The molecule has 36 heavy (non-hydrogen) atoms. The van der Waals surface area contributed by atoms with E-state index in [0.717, 1.165) is 4.88 Å². The lowest BCUT2D eigenvalue weighted by molar-refractivity contribution is -0.385. The van der Waals surface area contributed by atoms with Crippen LogP contribution in [-0.2, 0) is 9.59 Å². The van der Waals surface area contributed by atoms with Gasteiger partial charge in [-0.1, -0.05) is 41.9 Å². The molecule has 10 heteroatoms. The number of Topliss-reactive ketones (excluding diaryl/α,β-unsaturated/α-hetero) is 1. The fourth-order valence-electron chi connectivity index (χ4n) is 5.19. The number of hydrogen-bond donors (Lipinski definition) is 1. The first-order chi connectivity index (χ1) is 17.3. The second-order valence-electron chi connectivity index (χ2n) is 9.11. The molecular formula is C26H22ClN3O5S. The quantitative estimate of drug-likeness (QED) is 0.272. The van der Waals surface area contributed by atoms with Gasteiger partial charge in [0.05, 0.1) is 16.9 Å². The van der Waals surface area contributed by atoms with Gasteiger partial charge in [0.1, 0.15) is 6.04 Å². The lowest BCUT2D eigenvalue weighted by Gasteiger charge is -2.31. The van der Waals surface area contributed by atoms with Gasteiger partial charge in [-0.3, -0.25) is 24.5 Å². The first-order valence-corrected chi connectivity index (χ1v) is 12.7. The first-order valence-electron chi connectivity index (χ1n) is 11.5. The molecule has 2 N–H and O–H groups in total. The molecule has 2 aliphatic rings. The number of thiophene rings is 1. The molecule has 5 rings (SSSR count). The fourth-order valence-corrected chi connectivity index (χ4v) is 6.28. The average Bonchev–Trinajstić information content (AvgIpc) is 3.44. The Bertz CT molecular complexity index is 1360. The fraction of sp³-hybridized carbons (Fsp3) is 0.269. The van der Waals surface area contributed by atoms with Gasteiger partial charge in [0.15, 0.2) is 5.78 Å². The predicted octanol–water partition coefficient (Wildman–Crippen LogP) is 4.74. The number of nitrogens with two attached hydrogens (primary N) is 1. The molecular weight excluding hydrogens is 502 g/mol. The molecule has 2 heterocycles. The Kier molecular flexibility index (Phi) is 6.36. The van der Waals surface area contributed by atoms with Crippen molar-refractivity contribution in [2.24, 2.45) is 17.6 Å². The number of amides is 2. The summed E-state index contributed by atoms with van der Waals surface area (Å²) in [5.41, 5.74) is 6.48. The van der Waals surface area contributed by atoms with Gasteiger partial charge in [0.25, 0.3) is 5.69 Å². The molecule has 8 nitrogen and oxygen atoms in total. The number of nitro groups is 1. The van der Waals surface area contributed by atoms with Gasteiger partial charge < -0.3 is 10.6 Å². The summed E-state index contributed by atoms with van der Waals surface area (Å²) in [6.45, 7) is 0. The van der Waals surface area contributed by atoms with E-state index in [0.29, 0.717) is 29.0 Å². The van der Waals surface area contributed by atoms with Gasteiger partial charge >= 0.3 is 0 Å². The molecule has 0 radical (unpaired) electrons. The molecule has 4 atom stereocenters. The number of hydrogen-bond acceptors (Lipinski definition) is 6. The minimum absolute atomic E-state index is 0.171. The molecule has 0 bridgehead atoms. The lowest BCUT2D eigenvalue weighted by atomic mass is 9.78. The van der Waals surface area contributed by atoms with Crippen LogP contribution in [0.25, 0.3) is 0 Å². The zero-order chi connectivity index (χ0) is 25.6. The molecule has 2 fully saturated rings. The third-order valence-corrected chi connectivity index (χ3v) is 8.05. The van der Waals surface area contributed by atoms with E-state index in [-0.39, 0.29) is 23.3 Å². The summed E-state index contributed by atoms with van der Waals surface area (Å²) in [4.78, 5) is 54.0. The highest BCUT2D eigenvalue weighted by molar-refractivity contribution is 7.10. The monoisotopic (exact) mass is 523 g/mol. The van der Waals surface area contributed by atoms with Crippen LogP contribution >= 0.6 is 22.9 Å². The van der Waals surface area contributed by atoms with Crippen molar-refractivity contribution >= 4 is 46.2 Å². The maximum Gasteiger partial charge on any atom is 0.269 e. The highest BCUT2D eigenvalue weighted by Gasteiger charge is 2.58. The van der Waals surface area contributed by atoms with E-state index in [4.69, 9.17) is 17.3 Å². The Morgan fingerprint density at radius 2 is 1.81 bits per heavy atom. The van der Waals surface area contributed by atoms with Crippen LogP contribution in [-0.4, -0.2) is 33.5 Å². The largest absolute Gasteiger partial charge is 0.368 e. The van der Waals surface area contributed by atoms with Gasteiger partial charge in [-0.05, 0) is 42.0 Å². The third kappa shape index (κ3) is 4.29. The van der Waals surface area contributed by atoms with Crippen molar-refractivity contribution < 1.29 is 19.3 Å². The topological polar surface area (TPSA) is 124 Å². The zero-order valence-electron chi connectivity index (χ0n) is 19.0. The van der Waals surface area contributed by atoms with Crippen LogP contribution in [0.3, 0.4) is 0 Å². The molecule has 1 saturated heterocycles. The second kappa shape index (κ2) is 9.48. The minimum Gasteiger partial charge on any atom is -0.368 e. The van der Waals surface area contributed by atoms with Crippen LogP contribution in [0.5, 0.6) is 0 Å². The smallest absolute Gasteiger partial charge is 0.269 e. The SMILES string of the molecule is NC(=O)C1C(c2cccs2)C(C(=O)c2cccc(Cl)c2)C(c2cccc([N+](=O)[O-])c2)N1C(=O)C1CC1. The standard InChI is InChI=1S/C26H22ClN3O5S/c27-17-6-1-5-16(12-17)24(31)21-20(19-8-3-11-36-19)23(25(28)32)29(26(33)14-9-10-14)22(21)15-4-2-7-18(13-15)30(34)35/h1-8,11-14,20-23H,9-10H2,(H2,28,32). The Balaban J connectivity index is 1.75. The van der Waals surface area contributed by atoms with E-state index in [9.17, 15) is 24.5 Å². The Hall–Kier alpha value is -3.56. The van der Waals surface area contributed by atoms with Gasteiger partial charge in [0, 0.05) is 39.4 Å². The van der Waals surface area contributed by atoms with E-state index in [1.807, 2.05) is 17.5 Å². The zero-order valence-corrected chi connectivity index (χ0v) is 20.5. The summed E-state index contributed by atoms with van der Waals surface area (Å²) in [5, 5.41) is 13.8. The Labute approximate surface area is 215 Å².